The van der Waals surface area contributed by atoms with Crippen molar-refractivity contribution in [2.75, 3.05) is 13.2 Å². The van der Waals surface area contributed by atoms with E-state index in [0.29, 0.717) is 6.54 Å². The van der Waals surface area contributed by atoms with Crippen LogP contribution in [-0.2, 0) is 4.79 Å². The van der Waals surface area contributed by atoms with Gasteiger partial charge < -0.3 is 10.1 Å². The summed E-state index contributed by atoms with van der Waals surface area (Å²) in [5.74, 6) is 0.661. The number of ether oxygens (including phenoxy) is 1. The van der Waals surface area contributed by atoms with Crippen molar-refractivity contribution in [3.8, 4) is 5.75 Å². The molecular formula is C14H19NO2. The SMILES string of the molecule is C=C(C)CNC(=O)COc1c(C)cccc1C. The zero-order valence-corrected chi connectivity index (χ0v) is 10.7. The Labute approximate surface area is 102 Å². The van der Waals surface area contributed by atoms with Gasteiger partial charge in [0.15, 0.2) is 6.61 Å². The summed E-state index contributed by atoms with van der Waals surface area (Å²) in [6.45, 7) is 10.1. The van der Waals surface area contributed by atoms with Crippen molar-refractivity contribution >= 4 is 5.91 Å². The van der Waals surface area contributed by atoms with E-state index in [0.717, 1.165) is 22.4 Å². The fraction of sp³-hybridized carbons (Fsp3) is 0.357. The molecule has 0 fully saturated rings. The smallest absolute Gasteiger partial charge is 0.258 e. The van der Waals surface area contributed by atoms with Crippen LogP contribution in [0.15, 0.2) is 30.4 Å². The maximum absolute atomic E-state index is 11.5. The largest absolute Gasteiger partial charge is 0.483 e. The summed E-state index contributed by atoms with van der Waals surface area (Å²) >= 11 is 0. The van der Waals surface area contributed by atoms with Crippen molar-refractivity contribution in [2.45, 2.75) is 20.8 Å². The highest BCUT2D eigenvalue weighted by Crippen LogP contribution is 2.21. The van der Waals surface area contributed by atoms with Crippen LogP contribution < -0.4 is 10.1 Å². The first-order valence-corrected chi connectivity index (χ1v) is 5.61. The van der Waals surface area contributed by atoms with Gasteiger partial charge in [-0.25, -0.2) is 0 Å². The molecule has 1 aromatic rings. The van der Waals surface area contributed by atoms with Crippen molar-refractivity contribution < 1.29 is 9.53 Å². The molecule has 0 radical (unpaired) electrons. The summed E-state index contributed by atoms with van der Waals surface area (Å²) < 4.78 is 5.52. The number of carbonyl (C=O) groups excluding carboxylic acids is 1. The first kappa shape index (κ1) is 13.3. The van der Waals surface area contributed by atoms with E-state index in [1.54, 1.807) is 0 Å². The highest BCUT2D eigenvalue weighted by molar-refractivity contribution is 5.77. The highest BCUT2D eigenvalue weighted by atomic mass is 16.5. The zero-order valence-electron chi connectivity index (χ0n) is 10.7. The topological polar surface area (TPSA) is 38.3 Å². The minimum atomic E-state index is -0.129. The monoisotopic (exact) mass is 233 g/mol. The molecular weight excluding hydrogens is 214 g/mol. The molecule has 0 bridgehead atoms. The lowest BCUT2D eigenvalue weighted by atomic mass is 10.1. The molecule has 0 aliphatic carbocycles. The third-order valence-electron chi connectivity index (χ3n) is 2.34. The number of aryl methyl sites for hydroxylation is 2. The molecule has 0 atom stereocenters. The molecule has 0 saturated carbocycles. The molecule has 1 N–H and O–H groups in total. The van der Waals surface area contributed by atoms with Gasteiger partial charge in [-0.05, 0) is 31.9 Å². The van der Waals surface area contributed by atoms with E-state index < -0.39 is 0 Å². The summed E-state index contributed by atoms with van der Waals surface area (Å²) in [5.41, 5.74) is 3.00. The summed E-state index contributed by atoms with van der Waals surface area (Å²) in [6, 6.07) is 5.90. The quantitative estimate of drug-likeness (QED) is 0.793. The minimum Gasteiger partial charge on any atom is -0.483 e. The minimum absolute atomic E-state index is 0.0406. The van der Waals surface area contributed by atoms with E-state index in [9.17, 15) is 4.79 Å². The van der Waals surface area contributed by atoms with Crippen LogP contribution >= 0.6 is 0 Å². The van der Waals surface area contributed by atoms with E-state index in [1.165, 1.54) is 0 Å². The van der Waals surface area contributed by atoms with Crippen LogP contribution in [0.4, 0.5) is 0 Å². The molecule has 0 aliphatic heterocycles. The van der Waals surface area contributed by atoms with Crippen LogP contribution in [0.1, 0.15) is 18.1 Å². The van der Waals surface area contributed by atoms with Gasteiger partial charge in [0.25, 0.3) is 5.91 Å². The van der Waals surface area contributed by atoms with Crippen molar-refractivity contribution in [1.82, 2.24) is 5.32 Å². The van der Waals surface area contributed by atoms with Gasteiger partial charge in [-0.2, -0.15) is 0 Å². The number of para-hydroxylation sites is 1. The van der Waals surface area contributed by atoms with Crippen LogP contribution in [0.2, 0.25) is 0 Å². The van der Waals surface area contributed by atoms with E-state index >= 15 is 0 Å². The first-order chi connectivity index (χ1) is 8.00. The van der Waals surface area contributed by atoms with Gasteiger partial charge in [0.2, 0.25) is 0 Å². The predicted octanol–water partition coefficient (Wildman–Crippen LogP) is 2.37. The third kappa shape index (κ3) is 4.31. The summed E-state index contributed by atoms with van der Waals surface area (Å²) in [4.78, 5) is 11.5. The molecule has 92 valence electrons. The molecule has 0 aromatic heterocycles. The molecule has 0 unspecified atom stereocenters. The second-order valence-corrected chi connectivity index (χ2v) is 4.24. The summed E-state index contributed by atoms with van der Waals surface area (Å²) in [5, 5.41) is 2.73. The van der Waals surface area contributed by atoms with E-state index in [1.807, 2.05) is 39.0 Å². The Morgan fingerprint density at radius 1 is 1.35 bits per heavy atom. The fourth-order valence-corrected chi connectivity index (χ4v) is 1.47. The van der Waals surface area contributed by atoms with Crippen LogP contribution in [0.5, 0.6) is 5.75 Å². The van der Waals surface area contributed by atoms with Gasteiger partial charge in [0.05, 0.1) is 0 Å². The van der Waals surface area contributed by atoms with Crippen LogP contribution in [-0.4, -0.2) is 19.1 Å². The number of hydrogen-bond acceptors (Lipinski definition) is 2. The Morgan fingerprint density at radius 3 is 2.47 bits per heavy atom. The van der Waals surface area contributed by atoms with Crippen molar-refractivity contribution in [3.05, 3.63) is 41.5 Å². The van der Waals surface area contributed by atoms with E-state index in [2.05, 4.69) is 11.9 Å². The average Bonchev–Trinajstić information content (AvgIpc) is 2.25. The van der Waals surface area contributed by atoms with E-state index in [4.69, 9.17) is 4.74 Å². The molecule has 0 saturated heterocycles. The molecule has 0 spiro atoms. The molecule has 17 heavy (non-hydrogen) atoms. The number of carbonyl (C=O) groups is 1. The number of benzene rings is 1. The van der Waals surface area contributed by atoms with Gasteiger partial charge >= 0.3 is 0 Å². The number of amides is 1. The fourth-order valence-electron chi connectivity index (χ4n) is 1.47. The number of nitrogens with one attached hydrogen (secondary N) is 1. The molecule has 1 aromatic carbocycles. The van der Waals surface area contributed by atoms with Crippen LogP contribution in [0, 0.1) is 13.8 Å². The standard InChI is InChI=1S/C14H19NO2/c1-10(2)8-15-13(16)9-17-14-11(3)6-5-7-12(14)4/h5-7H,1,8-9H2,2-4H3,(H,15,16). The lowest BCUT2D eigenvalue weighted by Crippen LogP contribution is -2.30. The molecule has 3 nitrogen and oxygen atoms in total. The highest BCUT2D eigenvalue weighted by Gasteiger charge is 2.06. The lowest BCUT2D eigenvalue weighted by Gasteiger charge is -2.11. The molecule has 3 heteroatoms. The third-order valence-corrected chi connectivity index (χ3v) is 2.34. The van der Waals surface area contributed by atoms with Gasteiger partial charge in [-0.15, -0.1) is 0 Å². The van der Waals surface area contributed by atoms with Gasteiger partial charge in [0.1, 0.15) is 5.75 Å². The Morgan fingerprint density at radius 2 is 1.94 bits per heavy atom. The Balaban J connectivity index is 2.50. The normalized spacial score (nSPS) is 9.82. The van der Waals surface area contributed by atoms with Crippen molar-refractivity contribution in [1.29, 1.82) is 0 Å². The van der Waals surface area contributed by atoms with E-state index in [-0.39, 0.29) is 12.5 Å². The second kappa shape index (κ2) is 6.09. The van der Waals surface area contributed by atoms with Crippen LogP contribution in [0.25, 0.3) is 0 Å². The molecule has 1 amide bonds. The molecule has 0 heterocycles. The molecule has 0 aliphatic rings. The van der Waals surface area contributed by atoms with Gasteiger partial charge in [0, 0.05) is 6.54 Å². The maximum Gasteiger partial charge on any atom is 0.258 e. The lowest BCUT2D eigenvalue weighted by molar-refractivity contribution is -0.122. The average molecular weight is 233 g/mol. The Kier molecular flexibility index (Phi) is 4.76. The predicted molar refractivity (Wildman–Crippen MR) is 69.2 cm³/mol. The first-order valence-electron chi connectivity index (χ1n) is 5.61. The Hall–Kier alpha value is -1.77. The van der Waals surface area contributed by atoms with Gasteiger partial charge in [-0.1, -0.05) is 30.4 Å². The summed E-state index contributed by atoms with van der Waals surface area (Å²) in [6.07, 6.45) is 0. The zero-order chi connectivity index (χ0) is 12.8. The maximum atomic E-state index is 11.5. The Bertz CT molecular complexity index is 404. The molecule has 1 rings (SSSR count). The number of hydrogen-bond donors (Lipinski definition) is 1. The van der Waals surface area contributed by atoms with Crippen molar-refractivity contribution in [3.63, 3.8) is 0 Å². The van der Waals surface area contributed by atoms with Crippen LogP contribution in [0.3, 0.4) is 0 Å². The second-order valence-electron chi connectivity index (χ2n) is 4.24. The van der Waals surface area contributed by atoms with Gasteiger partial charge in [-0.3, -0.25) is 4.79 Å². The summed E-state index contributed by atoms with van der Waals surface area (Å²) in [7, 11) is 0. The van der Waals surface area contributed by atoms with Crippen molar-refractivity contribution in [2.24, 2.45) is 0 Å². The number of rotatable bonds is 5.